The molecule has 1 radical (unpaired) electrons. The van der Waals surface area contributed by atoms with Gasteiger partial charge in [0.2, 0.25) is 0 Å². The van der Waals surface area contributed by atoms with Crippen molar-refractivity contribution in [2.24, 2.45) is 0 Å². The van der Waals surface area contributed by atoms with E-state index in [0.717, 1.165) is 0 Å². The lowest BCUT2D eigenvalue weighted by molar-refractivity contribution is 1.46. The van der Waals surface area contributed by atoms with Gasteiger partial charge in [0, 0.05) is 6.42 Å². The minimum atomic E-state index is -2.01. The van der Waals surface area contributed by atoms with E-state index in [4.69, 9.17) is 0 Å². The Bertz CT molecular complexity index is 897. The number of hydrogen-bond acceptors (Lipinski definition) is 0. The zero-order chi connectivity index (χ0) is 15.4. The molecule has 3 aromatic carbocycles. The second-order valence-corrected chi connectivity index (χ2v) is 10.1. The van der Waals surface area contributed by atoms with E-state index in [0.29, 0.717) is 0 Å². The Balaban J connectivity index is 1.92. The molecule has 1 aliphatic carbocycles. The highest BCUT2D eigenvalue weighted by atomic mass is 28.3. The van der Waals surface area contributed by atoms with Gasteiger partial charge >= 0.3 is 0 Å². The first-order valence-electron chi connectivity index (χ1n) is 8.14. The standard InChI is InChI=1S/C22H17Si/c1-16-15-17-9-8-14-20-21(17)22(16)23(20,18-10-4-2-5-11-18)19-12-6-3-7-13-19/h2-15H,1H3. The lowest BCUT2D eigenvalue weighted by atomic mass is 10.1. The average Bonchev–Trinajstić information content (AvgIpc) is 2.92. The molecule has 1 heterocycles. The van der Waals surface area contributed by atoms with Crippen molar-refractivity contribution in [1.29, 1.82) is 0 Å². The summed E-state index contributed by atoms with van der Waals surface area (Å²) in [5.74, 6) is 0. The van der Waals surface area contributed by atoms with Gasteiger partial charge in [0.1, 0.15) is 0 Å². The fourth-order valence-electron chi connectivity index (χ4n) is 4.48. The Morgan fingerprint density at radius 3 is 1.87 bits per heavy atom. The highest BCUT2D eigenvalue weighted by Crippen LogP contribution is 2.46. The van der Waals surface area contributed by atoms with Crippen molar-refractivity contribution in [3.8, 4) is 0 Å². The van der Waals surface area contributed by atoms with E-state index in [1.165, 1.54) is 27.1 Å². The summed E-state index contributed by atoms with van der Waals surface area (Å²) in [4.78, 5) is 0. The van der Waals surface area contributed by atoms with Gasteiger partial charge in [-0.1, -0.05) is 84.4 Å². The predicted octanol–water partition coefficient (Wildman–Crippen LogP) is 3.05. The summed E-state index contributed by atoms with van der Waals surface area (Å²) in [6.07, 6.45) is 2.37. The molecule has 23 heavy (non-hydrogen) atoms. The van der Waals surface area contributed by atoms with Crippen LogP contribution in [0.15, 0.2) is 84.4 Å². The zero-order valence-electron chi connectivity index (χ0n) is 13.1. The van der Waals surface area contributed by atoms with Gasteiger partial charge in [-0.05, 0) is 38.8 Å². The van der Waals surface area contributed by atoms with E-state index in [-0.39, 0.29) is 0 Å². The van der Waals surface area contributed by atoms with E-state index >= 15 is 0 Å². The molecule has 109 valence electrons. The fraction of sp³-hybridized carbons (Fsp3) is 0.0455. The molecule has 0 saturated carbocycles. The maximum absolute atomic E-state index is 2.37. The molecule has 0 bridgehead atoms. The van der Waals surface area contributed by atoms with Gasteiger partial charge in [-0.25, -0.2) is 0 Å². The van der Waals surface area contributed by atoms with Crippen LogP contribution in [-0.4, -0.2) is 8.07 Å². The Labute approximate surface area is 138 Å². The van der Waals surface area contributed by atoms with E-state index < -0.39 is 8.07 Å². The van der Waals surface area contributed by atoms with Crippen molar-refractivity contribution in [1.82, 2.24) is 0 Å². The average molecular weight is 309 g/mol. The van der Waals surface area contributed by atoms with Crippen molar-refractivity contribution in [3.05, 3.63) is 102 Å². The van der Waals surface area contributed by atoms with Crippen molar-refractivity contribution in [2.75, 3.05) is 0 Å². The second-order valence-electron chi connectivity index (χ2n) is 6.45. The maximum atomic E-state index is 2.37. The van der Waals surface area contributed by atoms with Gasteiger partial charge < -0.3 is 0 Å². The number of benzene rings is 3. The highest BCUT2D eigenvalue weighted by Gasteiger charge is 2.55. The summed E-state index contributed by atoms with van der Waals surface area (Å²) in [7, 11) is -2.01. The van der Waals surface area contributed by atoms with Crippen molar-refractivity contribution < 1.29 is 0 Å². The van der Waals surface area contributed by atoms with Crippen LogP contribution in [0.25, 0.3) is 5.20 Å². The van der Waals surface area contributed by atoms with Crippen LogP contribution in [0.4, 0.5) is 0 Å². The van der Waals surface area contributed by atoms with Gasteiger partial charge in [0.05, 0.1) is 0 Å². The summed E-state index contributed by atoms with van der Waals surface area (Å²) in [5, 5.41) is 6.21. The van der Waals surface area contributed by atoms with Gasteiger partial charge in [-0.3, -0.25) is 0 Å². The summed E-state index contributed by atoms with van der Waals surface area (Å²) in [5.41, 5.74) is 4.38. The van der Waals surface area contributed by atoms with Gasteiger partial charge in [-0.2, -0.15) is 0 Å². The summed E-state index contributed by atoms with van der Waals surface area (Å²) in [6.45, 7) is 2.28. The predicted molar refractivity (Wildman–Crippen MR) is 100.0 cm³/mol. The van der Waals surface area contributed by atoms with Crippen LogP contribution in [0.5, 0.6) is 0 Å². The van der Waals surface area contributed by atoms with Gasteiger partial charge in [0.15, 0.2) is 8.07 Å². The highest BCUT2D eigenvalue weighted by molar-refractivity contribution is 7.27. The normalized spacial score (nSPS) is 16.9. The minimum absolute atomic E-state index is 1.41. The first-order valence-corrected chi connectivity index (χ1v) is 10.1. The molecule has 3 aromatic rings. The molecule has 0 unspecified atom stereocenters. The van der Waals surface area contributed by atoms with Crippen molar-refractivity contribution in [2.45, 2.75) is 6.92 Å². The maximum Gasteiger partial charge on any atom is 0.180 e. The topological polar surface area (TPSA) is 0 Å². The minimum Gasteiger partial charge on any atom is -0.0639 e. The van der Waals surface area contributed by atoms with E-state index in [2.05, 4.69) is 92.2 Å². The Hall–Kier alpha value is -2.38. The first kappa shape index (κ1) is 13.1. The lowest BCUT2D eigenvalue weighted by Gasteiger charge is -2.45. The van der Waals surface area contributed by atoms with Crippen LogP contribution in [0.3, 0.4) is 0 Å². The third kappa shape index (κ3) is 1.50. The third-order valence-corrected chi connectivity index (χ3v) is 10.3. The molecule has 0 fully saturated rings. The molecule has 0 spiro atoms. The molecule has 0 N–H and O–H groups in total. The first-order chi connectivity index (χ1) is 11.3. The second kappa shape index (κ2) is 4.56. The van der Waals surface area contributed by atoms with E-state index in [9.17, 15) is 0 Å². The van der Waals surface area contributed by atoms with Gasteiger partial charge in [0.25, 0.3) is 0 Å². The summed E-state index contributed by atoms with van der Waals surface area (Å²) >= 11 is 0. The number of rotatable bonds is 2. The van der Waals surface area contributed by atoms with Crippen molar-refractivity contribution in [3.63, 3.8) is 0 Å². The Kier molecular flexibility index (Phi) is 2.60. The molecule has 2 aliphatic rings. The van der Waals surface area contributed by atoms with E-state index in [1.54, 1.807) is 10.4 Å². The zero-order valence-corrected chi connectivity index (χ0v) is 14.1. The lowest BCUT2D eigenvalue weighted by Crippen LogP contribution is -2.74. The smallest absolute Gasteiger partial charge is 0.0639 e. The summed E-state index contributed by atoms with van der Waals surface area (Å²) in [6, 6.07) is 29.1. The molecular weight excluding hydrogens is 292 g/mol. The molecule has 1 heteroatoms. The van der Waals surface area contributed by atoms with Crippen LogP contribution in [0.1, 0.15) is 18.1 Å². The van der Waals surface area contributed by atoms with Crippen LogP contribution in [0, 0.1) is 6.42 Å². The fourth-order valence-corrected chi connectivity index (χ4v) is 9.79. The molecule has 1 aliphatic heterocycles. The van der Waals surface area contributed by atoms with E-state index in [1.807, 2.05) is 0 Å². The van der Waals surface area contributed by atoms with Gasteiger partial charge in [-0.15, -0.1) is 0 Å². The largest absolute Gasteiger partial charge is 0.180 e. The van der Waals surface area contributed by atoms with Crippen LogP contribution < -0.4 is 15.6 Å². The Morgan fingerprint density at radius 2 is 1.26 bits per heavy atom. The molecule has 0 amide bonds. The Morgan fingerprint density at radius 1 is 0.652 bits per heavy atom. The number of allylic oxidation sites excluding steroid dienone is 1. The van der Waals surface area contributed by atoms with Crippen LogP contribution in [-0.2, 0) is 0 Å². The summed E-state index contributed by atoms with van der Waals surface area (Å²) < 4.78 is 0. The third-order valence-electron chi connectivity index (χ3n) is 5.31. The quantitative estimate of drug-likeness (QED) is 0.638. The molecular formula is C22H17Si. The molecule has 5 rings (SSSR count). The van der Waals surface area contributed by atoms with Crippen molar-refractivity contribution >= 4 is 28.8 Å². The number of hydrogen-bond donors (Lipinski definition) is 0. The molecule has 0 saturated heterocycles. The molecule has 0 aromatic heterocycles. The SMILES string of the molecule is CC1=C2c3c(cccc3[Si]2(c2ccccc2)c2ccccc2)[CH]1. The molecule has 0 nitrogen and oxygen atoms in total. The monoisotopic (exact) mass is 309 g/mol. The van der Waals surface area contributed by atoms with Crippen LogP contribution in [0.2, 0.25) is 0 Å². The molecule has 0 atom stereocenters. The van der Waals surface area contributed by atoms with Crippen LogP contribution >= 0.6 is 0 Å².